The molecule has 0 aliphatic carbocycles. The summed E-state index contributed by atoms with van der Waals surface area (Å²) < 4.78 is 17.0. The Morgan fingerprint density at radius 2 is 1.50 bits per heavy atom. The molecule has 0 bridgehead atoms. The van der Waals surface area contributed by atoms with Crippen LogP contribution in [-0.4, -0.2) is 103 Å². The third-order valence-electron chi connectivity index (χ3n) is 7.55. The summed E-state index contributed by atoms with van der Waals surface area (Å²) in [6.07, 6.45) is -0.868. The molecular formula is C30H39N3O5. The van der Waals surface area contributed by atoms with E-state index in [1.54, 1.807) is 0 Å². The highest BCUT2D eigenvalue weighted by Gasteiger charge is 2.45. The summed E-state index contributed by atoms with van der Waals surface area (Å²) in [5.41, 5.74) is 1.83. The van der Waals surface area contributed by atoms with Crippen molar-refractivity contribution in [2.24, 2.45) is 0 Å². The van der Waals surface area contributed by atoms with Crippen LogP contribution in [-0.2, 0) is 19.0 Å². The monoisotopic (exact) mass is 521 g/mol. The van der Waals surface area contributed by atoms with Gasteiger partial charge >= 0.3 is 6.09 Å². The Balaban J connectivity index is 1.46. The molecule has 0 saturated carbocycles. The minimum absolute atomic E-state index is 0.0154. The summed E-state index contributed by atoms with van der Waals surface area (Å²) in [6.45, 7) is 9.86. The molecular weight excluding hydrogens is 482 g/mol. The molecule has 3 aliphatic heterocycles. The lowest BCUT2D eigenvalue weighted by Crippen LogP contribution is -2.69. The average molecular weight is 522 g/mol. The maximum absolute atomic E-state index is 13.4. The van der Waals surface area contributed by atoms with E-state index in [0.29, 0.717) is 46.0 Å². The van der Waals surface area contributed by atoms with E-state index in [2.05, 4.69) is 53.4 Å². The largest absolute Gasteiger partial charge is 0.444 e. The summed E-state index contributed by atoms with van der Waals surface area (Å²) >= 11 is 0. The predicted molar refractivity (Wildman–Crippen MR) is 144 cm³/mol. The zero-order valence-corrected chi connectivity index (χ0v) is 22.6. The second kappa shape index (κ2) is 11.4. The van der Waals surface area contributed by atoms with Crippen LogP contribution in [0.4, 0.5) is 4.79 Å². The Hall–Kier alpha value is -2.94. The molecule has 38 heavy (non-hydrogen) atoms. The van der Waals surface area contributed by atoms with Crippen LogP contribution in [0.15, 0.2) is 60.7 Å². The predicted octanol–water partition coefficient (Wildman–Crippen LogP) is 3.37. The fourth-order valence-electron chi connectivity index (χ4n) is 5.89. The first kappa shape index (κ1) is 26.7. The summed E-state index contributed by atoms with van der Waals surface area (Å²) in [5, 5.41) is 0. The summed E-state index contributed by atoms with van der Waals surface area (Å²) in [7, 11) is 0. The topological polar surface area (TPSA) is 71.5 Å². The highest BCUT2D eigenvalue weighted by Crippen LogP contribution is 2.36. The molecule has 3 atom stereocenters. The molecule has 0 N–H and O–H groups in total. The number of fused-ring (bicyclic) bond motifs is 1. The minimum Gasteiger partial charge on any atom is -0.444 e. The van der Waals surface area contributed by atoms with Crippen molar-refractivity contribution in [1.29, 1.82) is 0 Å². The van der Waals surface area contributed by atoms with Crippen molar-refractivity contribution in [1.82, 2.24) is 14.7 Å². The molecule has 0 spiro atoms. The van der Waals surface area contributed by atoms with Crippen molar-refractivity contribution in [2.75, 3.05) is 52.5 Å². The van der Waals surface area contributed by atoms with Gasteiger partial charge in [0.15, 0.2) is 6.10 Å². The van der Waals surface area contributed by atoms with Gasteiger partial charge in [0.2, 0.25) is 0 Å². The summed E-state index contributed by atoms with van der Waals surface area (Å²) in [4.78, 5) is 32.9. The highest BCUT2D eigenvalue weighted by atomic mass is 16.6. The van der Waals surface area contributed by atoms with Crippen LogP contribution in [0.1, 0.15) is 37.8 Å². The van der Waals surface area contributed by atoms with E-state index in [1.165, 1.54) is 11.1 Å². The Labute approximate surface area is 225 Å². The van der Waals surface area contributed by atoms with Gasteiger partial charge in [-0.2, -0.15) is 0 Å². The SMILES string of the molecule is CC(C)(C)OC(=O)N1C[C@@H]2CN(C(=O)C3COCCO3)CCN2[C@H](C(c2ccccc2)c2ccccc2)C1. The minimum atomic E-state index is -0.588. The molecule has 204 valence electrons. The number of nitrogens with zero attached hydrogens (tertiary/aromatic N) is 3. The van der Waals surface area contributed by atoms with Crippen molar-refractivity contribution in [3.8, 4) is 0 Å². The third-order valence-corrected chi connectivity index (χ3v) is 7.55. The third kappa shape index (κ3) is 6.03. The van der Waals surface area contributed by atoms with Crippen molar-refractivity contribution in [2.45, 2.75) is 50.5 Å². The van der Waals surface area contributed by atoms with Crippen molar-refractivity contribution in [3.63, 3.8) is 0 Å². The molecule has 3 aliphatic rings. The first-order valence-electron chi connectivity index (χ1n) is 13.6. The van der Waals surface area contributed by atoms with Crippen LogP contribution >= 0.6 is 0 Å². The molecule has 8 nitrogen and oxygen atoms in total. The van der Waals surface area contributed by atoms with E-state index in [9.17, 15) is 9.59 Å². The van der Waals surface area contributed by atoms with Crippen molar-refractivity contribution in [3.05, 3.63) is 71.8 Å². The van der Waals surface area contributed by atoms with E-state index in [0.717, 1.165) is 6.54 Å². The Bertz CT molecular complexity index is 1040. The van der Waals surface area contributed by atoms with Crippen LogP contribution in [0.2, 0.25) is 0 Å². The van der Waals surface area contributed by atoms with E-state index < -0.39 is 11.7 Å². The van der Waals surface area contributed by atoms with Gasteiger partial charge in [-0.05, 0) is 31.9 Å². The lowest BCUT2D eigenvalue weighted by molar-refractivity contribution is -0.162. The number of ether oxygens (including phenoxy) is 3. The molecule has 2 amide bonds. The second-order valence-electron chi connectivity index (χ2n) is 11.4. The van der Waals surface area contributed by atoms with Gasteiger partial charge in [-0.25, -0.2) is 4.79 Å². The van der Waals surface area contributed by atoms with Crippen molar-refractivity contribution < 1.29 is 23.8 Å². The smallest absolute Gasteiger partial charge is 0.410 e. The van der Waals surface area contributed by atoms with Crippen LogP contribution in [0.3, 0.4) is 0 Å². The maximum Gasteiger partial charge on any atom is 0.410 e. The molecule has 3 heterocycles. The number of benzene rings is 2. The van der Waals surface area contributed by atoms with Gasteiger partial charge in [0.25, 0.3) is 5.91 Å². The van der Waals surface area contributed by atoms with Crippen LogP contribution < -0.4 is 0 Å². The number of piperazine rings is 2. The molecule has 3 fully saturated rings. The highest BCUT2D eigenvalue weighted by molar-refractivity contribution is 5.81. The molecule has 0 aromatic heterocycles. The Kier molecular flexibility index (Phi) is 8.02. The quantitative estimate of drug-likeness (QED) is 0.615. The first-order valence-corrected chi connectivity index (χ1v) is 13.6. The fourth-order valence-corrected chi connectivity index (χ4v) is 5.89. The molecule has 3 saturated heterocycles. The van der Waals surface area contributed by atoms with Crippen molar-refractivity contribution >= 4 is 12.0 Å². The molecule has 2 aromatic rings. The van der Waals surface area contributed by atoms with Crippen LogP contribution in [0.25, 0.3) is 0 Å². The van der Waals surface area contributed by atoms with Gasteiger partial charge in [0, 0.05) is 50.7 Å². The van der Waals surface area contributed by atoms with Gasteiger partial charge in [-0.3, -0.25) is 9.69 Å². The van der Waals surface area contributed by atoms with Gasteiger partial charge in [0.05, 0.1) is 19.8 Å². The van der Waals surface area contributed by atoms with E-state index >= 15 is 0 Å². The molecule has 0 radical (unpaired) electrons. The Morgan fingerprint density at radius 3 is 2.08 bits per heavy atom. The van der Waals surface area contributed by atoms with Crippen LogP contribution in [0, 0.1) is 0 Å². The fraction of sp³-hybridized carbons (Fsp3) is 0.533. The number of carbonyl (C=O) groups is 2. The lowest BCUT2D eigenvalue weighted by atomic mass is 9.81. The molecule has 8 heteroatoms. The van der Waals surface area contributed by atoms with Gasteiger partial charge in [0.1, 0.15) is 5.60 Å². The molecule has 1 unspecified atom stereocenters. The standard InChI is InChI=1S/C30H39N3O5/c1-30(2,3)38-29(35)32-19-24-18-31(28(34)26-21-36-16-17-37-26)14-15-33(24)25(20-32)27(22-10-6-4-7-11-22)23-12-8-5-9-13-23/h4-13,24-27H,14-21H2,1-3H3/t24-,25-,26?/m0/s1. The number of hydrogen-bond donors (Lipinski definition) is 0. The zero-order valence-electron chi connectivity index (χ0n) is 22.6. The van der Waals surface area contributed by atoms with E-state index in [4.69, 9.17) is 14.2 Å². The summed E-state index contributed by atoms with van der Waals surface area (Å²) in [6, 6.07) is 21.0. The molecule has 2 aromatic carbocycles. The first-order chi connectivity index (χ1) is 18.3. The lowest BCUT2D eigenvalue weighted by Gasteiger charge is -2.53. The van der Waals surface area contributed by atoms with Crippen LogP contribution in [0.5, 0.6) is 0 Å². The maximum atomic E-state index is 13.4. The normalized spacial score (nSPS) is 24.7. The average Bonchev–Trinajstić information content (AvgIpc) is 2.93. The van der Waals surface area contributed by atoms with Gasteiger partial charge in [-0.1, -0.05) is 60.7 Å². The van der Waals surface area contributed by atoms with Gasteiger partial charge in [-0.15, -0.1) is 0 Å². The second-order valence-corrected chi connectivity index (χ2v) is 11.4. The number of hydrogen-bond acceptors (Lipinski definition) is 6. The van der Waals surface area contributed by atoms with E-state index in [-0.39, 0.29) is 30.0 Å². The summed E-state index contributed by atoms with van der Waals surface area (Å²) in [5.74, 6) is 0.0282. The number of amides is 2. The molecule has 5 rings (SSSR count). The number of rotatable bonds is 4. The van der Waals surface area contributed by atoms with Gasteiger partial charge < -0.3 is 24.0 Å². The van der Waals surface area contributed by atoms with E-state index in [1.807, 2.05) is 42.7 Å². The zero-order chi connectivity index (χ0) is 26.7. The number of carbonyl (C=O) groups excluding carboxylic acids is 2. The Morgan fingerprint density at radius 1 is 0.868 bits per heavy atom.